The molecule has 1 N–H and O–H groups in total. The third-order valence-corrected chi connectivity index (χ3v) is 6.92. The van der Waals surface area contributed by atoms with E-state index in [2.05, 4.69) is 10.5 Å². The summed E-state index contributed by atoms with van der Waals surface area (Å²) in [5.41, 5.74) is 4.09. The molecule has 0 radical (unpaired) electrons. The van der Waals surface area contributed by atoms with Gasteiger partial charge in [-0.2, -0.15) is 9.41 Å². The van der Waals surface area contributed by atoms with Crippen molar-refractivity contribution in [2.24, 2.45) is 5.10 Å². The molecule has 0 bridgehead atoms. The van der Waals surface area contributed by atoms with E-state index in [9.17, 15) is 13.2 Å². The van der Waals surface area contributed by atoms with Gasteiger partial charge >= 0.3 is 0 Å². The zero-order valence-electron chi connectivity index (χ0n) is 17.8. The molecule has 0 unspecified atom stereocenters. The maximum atomic E-state index is 13.2. The number of amides is 1. The van der Waals surface area contributed by atoms with E-state index >= 15 is 0 Å². The molecule has 0 aliphatic carbocycles. The fourth-order valence-corrected chi connectivity index (χ4v) is 4.89. The molecule has 0 aromatic heterocycles. The largest absolute Gasteiger partial charge is 0.272 e. The minimum atomic E-state index is -3.88. The van der Waals surface area contributed by atoms with Crippen LogP contribution >= 0.6 is 0 Å². The number of carbonyl (C=O) groups is 1. The maximum absolute atomic E-state index is 13.2. The summed E-state index contributed by atoms with van der Waals surface area (Å²) >= 11 is 0. The average Bonchev–Trinajstić information content (AvgIpc) is 2.85. The van der Waals surface area contributed by atoms with Gasteiger partial charge in [-0.15, -0.1) is 0 Å². The van der Waals surface area contributed by atoms with Crippen LogP contribution in [0.25, 0.3) is 10.8 Å². The summed E-state index contributed by atoms with van der Waals surface area (Å²) < 4.78 is 27.6. The van der Waals surface area contributed by atoms with E-state index in [1.807, 2.05) is 72.8 Å². The Kier molecular flexibility index (Phi) is 6.92. The fraction of sp³-hybridized carbons (Fsp3) is 0.0769. The number of rotatable bonds is 8. The normalized spacial score (nSPS) is 11.8. The lowest BCUT2D eigenvalue weighted by atomic mass is 10.1. The number of hydrazone groups is 1. The van der Waals surface area contributed by atoms with Crippen molar-refractivity contribution in [3.05, 3.63) is 114 Å². The van der Waals surface area contributed by atoms with Crippen LogP contribution in [0.1, 0.15) is 11.1 Å². The first-order valence-corrected chi connectivity index (χ1v) is 11.9. The van der Waals surface area contributed by atoms with Gasteiger partial charge in [0.15, 0.2) is 0 Å². The van der Waals surface area contributed by atoms with Crippen LogP contribution in [-0.4, -0.2) is 31.4 Å². The van der Waals surface area contributed by atoms with E-state index in [4.69, 9.17) is 0 Å². The van der Waals surface area contributed by atoms with Crippen molar-refractivity contribution in [3.8, 4) is 0 Å². The Labute approximate surface area is 193 Å². The van der Waals surface area contributed by atoms with Crippen molar-refractivity contribution in [3.63, 3.8) is 0 Å². The number of hydrogen-bond acceptors (Lipinski definition) is 4. The van der Waals surface area contributed by atoms with Crippen LogP contribution in [0.3, 0.4) is 0 Å². The predicted molar refractivity (Wildman–Crippen MR) is 130 cm³/mol. The van der Waals surface area contributed by atoms with E-state index in [0.717, 1.165) is 26.2 Å². The summed E-state index contributed by atoms with van der Waals surface area (Å²) in [6.07, 6.45) is 1.56. The van der Waals surface area contributed by atoms with Crippen LogP contribution in [0, 0.1) is 0 Å². The summed E-state index contributed by atoms with van der Waals surface area (Å²) in [6.45, 7) is -0.294. The Bertz CT molecular complexity index is 1370. The van der Waals surface area contributed by atoms with Crippen LogP contribution in [0.2, 0.25) is 0 Å². The number of nitrogens with one attached hydrogen (secondary N) is 1. The van der Waals surface area contributed by atoms with Crippen molar-refractivity contribution in [2.45, 2.75) is 11.4 Å². The van der Waals surface area contributed by atoms with Gasteiger partial charge < -0.3 is 0 Å². The van der Waals surface area contributed by atoms with E-state index in [-0.39, 0.29) is 18.0 Å². The zero-order chi connectivity index (χ0) is 23.1. The average molecular weight is 458 g/mol. The number of benzene rings is 4. The number of carbonyl (C=O) groups excluding carboxylic acids is 1. The van der Waals surface area contributed by atoms with Gasteiger partial charge in [-0.25, -0.2) is 13.8 Å². The van der Waals surface area contributed by atoms with E-state index in [0.29, 0.717) is 0 Å². The monoisotopic (exact) mass is 457 g/mol. The summed E-state index contributed by atoms with van der Waals surface area (Å²) in [6, 6.07) is 31.0. The molecule has 0 saturated heterocycles. The highest BCUT2D eigenvalue weighted by Crippen LogP contribution is 2.18. The summed E-state index contributed by atoms with van der Waals surface area (Å²) in [5.74, 6) is -0.526. The first-order valence-electron chi connectivity index (χ1n) is 10.4. The summed E-state index contributed by atoms with van der Waals surface area (Å²) in [7, 11) is -3.88. The van der Waals surface area contributed by atoms with E-state index in [1.165, 1.54) is 12.1 Å². The maximum Gasteiger partial charge on any atom is 0.255 e. The molecular formula is C26H23N3O3S. The Morgan fingerprint density at radius 1 is 0.818 bits per heavy atom. The second-order valence-corrected chi connectivity index (χ2v) is 9.37. The minimum Gasteiger partial charge on any atom is -0.272 e. The van der Waals surface area contributed by atoms with Gasteiger partial charge in [0.2, 0.25) is 10.0 Å². The smallest absolute Gasteiger partial charge is 0.255 e. The van der Waals surface area contributed by atoms with Gasteiger partial charge in [0.25, 0.3) is 5.91 Å². The zero-order valence-corrected chi connectivity index (χ0v) is 18.7. The molecule has 4 rings (SSSR count). The number of nitrogens with zero attached hydrogens (tertiary/aromatic N) is 2. The second-order valence-electron chi connectivity index (χ2n) is 7.43. The molecule has 7 heteroatoms. The van der Waals surface area contributed by atoms with Crippen molar-refractivity contribution in [2.75, 3.05) is 6.54 Å². The lowest BCUT2D eigenvalue weighted by Gasteiger charge is -2.21. The van der Waals surface area contributed by atoms with Crippen LogP contribution in [0.4, 0.5) is 0 Å². The molecule has 0 spiro atoms. The molecule has 0 fully saturated rings. The van der Waals surface area contributed by atoms with Crippen molar-refractivity contribution < 1.29 is 13.2 Å². The standard InChI is InChI=1S/C26H23N3O3S/c30-26(28-27-18-23-14-9-13-22-12-7-8-17-25(22)23)20-29(19-21-10-3-1-4-11-21)33(31,32)24-15-5-2-6-16-24/h1-18H,19-20H2,(H,28,30)/b27-18+. The van der Waals surface area contributed by atoms with E-state index < -0.39 is 15.9 Å². The third kappa shape index (κ3) is 5.52. The molecule has 4 aromatic rings. The first-order chi connectivity index (χ1) is 16.0. The van der Waals surface area contributed by atoms with Crippen molar-refractivity contribution in [1.82, 2.24) is 9.73 Å². The minimum absolute atomic E-state index is 0.0680. The Morgan fingerprint density at radius 3 is 2.21 bits per heavy atom. The topological polar surface area (TPSA) is 78.8 Å². The molecule has 0 saturated carbocycles. The van der Waals surface area contributed by atoms with Gasteiger partial charge in [-0.1, -0.05) is 91.0 Å². The third-order valence-electron chi connectivity index (χ3n) is 5.12. The first kappa shape index (κ1) is 22.4. The predicted octanol–water partition coefficient (Wildman–Crippen LogP) is 4.18. The van der Waals surface area contributed by atoms with Gasteiger partial charge in [0.05, 0.1) is 17.7 Å². The number of fused-ring (bicyclic) bond motifs is 1. The molecular weight excluding hydrogens is 434 g/mol. The highest BCUT2D eigenvalue weighted by Gasteiger charge is 2.26. The molecule has 1 amide bonds. The van der Waals surface area contributed by atoms with Gasteiger partial charge in [-0.05, 0) is 28.5 Å². The molecule has 0 atom stereocenters. The highest BCUT2D eigenvalue weighted by molar-refractivity contribution is 7.89. The van der Waals surface area contributed by atoms with Gasteiger partial charge in [0.1, 0.15) is 0 Å². The van der Waals surface area contributed by atoms with Crippen molar-refractivity contribution in [1.29, 1.82) is 0 Å². The SMILES string of the molecule is O=C(CN(Cc1ccccc1)S(=O)(=O)c1ccccc1)N/N=C/c1cccc2ccccc12. The molecule has 0 heterocycles. The quantitative estimate of drug-likeness (QED) is 0.318. The summed E-state index contributed by atoms with van der Waals surface area (Å²) in [5, 5.41) is 6.14. The van der Waals surface area contributed by atoms with Crippen LogP contribution in [0.15, 0.2) is 113 Å². The molecule has 4 aromatic carbocycles. The number of hydrogen-bond donors (Lipinski definition) is 1. The van der Waals surface area contributed by atoms with Crippen molar-refractivity contribution >= 4 is 32.9 Å². The molecule has 6 nitrogen and oxygen atoms in total. The van der Waals surface area contributed by atoms with E-state index in [1.54, 1.807) is 24.4 Å². The Hall–Kier alpha value is -3.81. The van der Waals surface area contributed by atoms with Gasteiger partial charge in [-0.3, -0.25) is 4.79 Å². The lowest BCUT2D eigenvalue weighted by Crippen LogP contribution is -2.39. The second kappa shape index (κ2) is 10.2. The Morgan fingerprint density at radius 2 is 1.45 bits per heavy atom. The van der Waals surface area contributed by atoms with Gasteiger partial charge in [0, 0.05) is 12.1 Å². The van der Waals surface area contributed by atoms with Crippen LogP contribution < -0.4 is 5.43 Å². The summed E-state index contributed by atoms with van der Waals surface area (Å²) in [4.78, 5) is 12.8. The fourth-order valence-electron chi connectivity index (χ4n) is 3.49. The molecule has 0 aliphatic heterocycles. The van der Waals surface area contributed by atoms with Crippen LogP contribution in [-0.2, 0) is 21.4 Å². The Balaban J connectivity index is 1.52. The number of sulfonamides is 1. The lowest BCUT2D eigenvalue weighted by molar-refractivity contribution is -0.121. The molecule has 0 aliphatic rings. The highest BCUT2D eigenvalue weighted by atomic mass is 32.2. The van der Waals surface area contributed by atoms with Crippen LogP contribution in [0.5, 0.6) is 0 Å². The molecule has 33 heavy (non-hydrogen) atoms. The molecule has 166 valence electrons.